The Morgan fingerprint density at radius 3 is 2.43 bits per heavy atom. The van der Waals surface area contributed by atoms with Gasteiger partial charge in [-0.2, -0.15) is 0 Å². The number of hydrogen-bond donors (Lipinski definition) is 0. The largest absolute Gasteiger partial charge is 0.493 e. The van der Waals surface area contributed by atoms with Gasteiger partial charge >= 0.3 is 0 Å². The Labute approximate surface area is 131 Å². The molecule has 0 saturated carbocycles. The van der Waals surface area contributed by atoms with Crippen LogP contribution in [0.5, 0.6) is 11.5 Å². The molecule has 1 aromatic heterocycles. The summed E-state index contributed by atoms with van der Waals surface area (Å²) in [5, 5.41) is 0. The normalized spacial score (nSPS) is 12.2. The third kappa shape index (κ3) is 3.63. The number of ether oxygens (including phenoxy) is 2. The van der Waals surface area contributed by atoms with Crippen molar-refractivity contribution in [2.45, 2.75) is 25.2 Å². The summed E-state index contributed by atoms with van der Waals surface area (Å²) in [7, 11) is 2.11. The van der Waals surface area contributed by atoms with Gasteiger partial charge in [0.15, 0.2) is 11.5 Å². The van der Waals surface area contributed by atoms with Crippen molar-refractivity contribution in [3.63, 3.8) is 0 Å². The molecule has 0 unspecified atom stereocenters. The second-order valence-corrected chi connectivity index (χ2v) is 7.11. The molecular formula is C15H19NO3S2. The Hall–Kier alpha value is -1.40. The monoisotopic (exact) mass is 325 g/mol. The van der Waals surface area contributed by atoms with E-state index in [2.05, 4.69) is 4.98 Å². The van der Waals surface area contributed by atoms with E-state index < -0.39 is 10.8 Å². The molecule has 0 bridgehead atoms. The van der Waals surface area contributed by atoms with Gasteiger partial charge in [0, 0.05) is 21.6 Å². The molecule has 114 valence electrons. The van der Waals surface area contributed by atoms with Crippen LogP contribution in [0, 0.1) is 13.8 Å². The highest BCUT2D eigenvalue weighted by Gasteiger charge is 2.14. The molecule has 4 nitrogen and oxygen atoms in total. The highest BCUT2D eigenvalue weighted by atomic mass is 32.2. The predicted molar refractivity (Wildman–Crippen MR) is 86.1 cm³/mol. The zero-order valence-corrected chi connectivity index (χ0v) is 14.3. The van der Waals surface area contributed by atoms with Crippen molar-refractivity contribution in [1.82, 2.24) is 4.98 Å². The van der Waals surface area contributed by atoms with Crippen LogP contribution in [0.1, 0.15) is 16.1 Å². The van der Waals surface area contributed by atoms with Gasteiger partial charge in [0.25, 0.3) is 0 Å². The van der Waals surface area contributed by atoms with Crippen LogP contribution in [0.3, 0.4) is 0 Å². The van der Waals surface area contributed by atoms with Crippen molar-refractivity contribution in [1.29, 1.82) is 0 Å². The molecule has 0 radical (unpaired) electrons. The first-order valence-electron chi connectivity index (χ1n) is 6.56. The summed E-state index contributed by atoms with van der Waals surface area (Å²) in [6, 6.07) is 3.67. The lowest BCUT2D eigenvalue weighted by Crippen LogP contribution is -2.04. The molecule has 0 N–H and O–H groups in total. The van der Waals surface area contributed by atoms with E-state index in [1.165, 1.54) is 4.88 Å². The molecule has 0 fully saturated rings. The molecule has 0 aliphatic rings. The Morgan fingerprint density at radius 2 is 1.86 bits per heavy atom. The van der Waals surface area contributed by atoms with Crippen molar-refractivity contribution in [2.75, 3.05) is 20.0 Å². The summed E-state index contributed by atoms with van der Waals surface area (Å²) in [5.41, 5.74) is 3.81. The predicted octanol–water partition coefficient (Wildman–Crippen LogP) is 3.13. The van der Waals surface area contributed by atoms with Crippen LogP contribution in [0.4, 0.5) is 0 Å². The van der Waals surface area contributed by atoms with Gasteiger partial charge in [-0.15, -0.1) is 11.3 Å². The van der Waals surface area contributed by atoms with E-state index in [0.717, 1.165) is 22.6 Å². The van der Waals surface area contributed by atoms with Gasteiger partial charge in [-0.05, 0) is 31.9 Å². The van der Waals surface area contributed by atoms with Gasteiger partial charge in [0.1, 0.15) is 0 Å². The maximum absolute atomic E-state index is 12.5. The second-order valence-electron chi connectivity index (χ2n) is 4.63. The quantitative estimate of drug-likeness (QED) is 0.819. The molecule has 0 amide bonds. The molecule has 2 rings (SSSR count). The average Bonchev–Trinajstić information content (AvgIpc) is 2.89. The topological polar surface area (TPSA) is 48.4 Å². The molecule has 0 spiro atoms. The first kappa shape index (κ1) is 16.0. The van der Waals surface area contributed by atoms with Crippen LogP contribution < -0.4 is 9.47 Å². The molecule has 2 aromatic rings. The maximum atomic E-state index is 12.5. The van der Waals surface area contributed by atoms with Crippen LogP contribution >= 0.6 is 11.3 Å². The minimum Gasteiger partial charge on any atom is -0.493 e. The third-order valence-corrected chi connectivity index (χ3v) is 5.79. The number of aromatic nitrogens is 1. The number of thiazole rings is 1. The molecule has 21 heavy (non-hydrogen) atoms. The Bertz CT molecular complexity index is 652. The van der Waals surface area contributed by atoms with Gasteiger partial charge in [0.2, 0.25) is 0 Å². The van der Waals surface area contributed by atoms with Crippen LogP contribution in [0.2, 0.25) is 0 Å². The fourth-order valence-electron chi connectivity index (χ4n) is 2.07. The van der Waals surface area contributed by atoms with E-state index in [0.29, 0.717) is 17.3 Å². The first-order chi connectivity index (χ1) is 10.1. The molecule has 1 aromatic carbocycles. The molecular weight excluding hydrogens is 306 g/mol. The molecule has 6 heteroatoms. The van der Waals surface area contributed by atoms with Crippen molar-refractivity contribution < 1.29 is 13.7 Å². The molecule has 0 aliphatic heterocycles. The van der Waals surface area contributed by atoms with E-state index in [-0.39, 0.29) is 0 Å². The highest BCUT2D eigenvalue weighted by Crippen LogP contribution is 2.32. The van der Waals surface area contributed by atoms with Crippen molar-refractivity contribution in [2.24, 2.45) is 0 Å². The highest BCUT2D eigenvalue weighted by molar-refractivity contribution is 7.85. The number of benzene rings is 1. The standard InChI is InChI=1S/C15H19NO3S2/c1-10-7-12(18-3)13(19-4)8-15(10)21(17)6-5-14-11(2)16-9-20-14/h7-9H,5-6H2,1-4H3/t21-/m0/s1. The number of aryl methyl sites for hydroxylation is 3. The fourth-order valence-corrected chi connectivity index (χ4v) is 4.25. The smallest absolute Gasteiger partial charge is 0.161 e. The summed E-state index contributed by atoms with van der Waals surface area (Å²) in [4.78, 5) is 6.21. The van der Waals surface area contributed by atoms with Gasteiger partial charge in [-0.3, -0.25) is 4.21 Å². The van der Waals surface area contributed by atoms with Crippen molar-refractivity contribution in [3.05, 3.63) is 33.8 Å². The summed E-state index contributed by atoms with van der Waals surface area (Å²) in [6.07, 6.45) is 0.775. The van der Waals surface area contributed by atoms with Gasteiger partial charge in [0.05, 0.1) is 36.2 Å². The molecule has 0 saturated heterocycles. The minimum atomic E-state index is -1.07. The van der Waals surface area contributed by atoms with Crippen LogP contribution in [0.15, 0.2) is 22.5 Å². The molecule has 0 aliphatic carbocycles. The number of rotatable bonds is 6. The van der Waals surface area contributed by atoms with E-state index in [4.69, 9.17) is 9.47 Å². The Balaban J connectivity index is 2.17. The minimum absolute atomic E-state index is 0.583. The average molecular weight is 325 g/mol. The van der Waals surface area contributed by atoms with Crippen molar-refractivity contribution in [3.8, 4) is 11.5 Å². The van der Waals surface area contributed by atoms with E-state index >= 15 is 0 Å². The summed E-state index contributed by atoms with van der Waals surface area (Å²) < 4.78 is 23.1. The fraction of sp³-hybridized carbons (Fsp3) is 0.400. The van der Waals surface area contributed by atoms with Crippen LogP contribution in [0.25, 0.3) is 0 Å². The lowest BCUT2D eigenvalue weighted by atomic mass is 10.2. The third-order valence-electron chi connectivity index (χ3n) is 3.29. The van der Waals surface area contributed by atoms with Gasteiger partial charge in [-0.25, -0.2) is 4.98 Å². The summed E-state index contributed by atoms with van der Waals surface area (Å²) in [5.74, 6) is 1.86. The zero-order valence-electron chi connectivity index (χ0n) is 12.6. The lowest BCUT2D eigenvalue weighted by molar-refractivity contribution is 0.353. The number of nitrogens with zero attached hydrogens (tertiary/aromatic N) is 1. The van der Waals surface area contributed by atoms with E-state index in [9.17, 15) is 4.21 Å². The van der Waals surface area contributed by atoms with Gasteiger partial charge < -0.3 is 9.47 Å². The second kappa shape index (κ2) is 7.04. The summed E-state index contributed by atoms with van der Waals surface area (Å²) in [6.45, 7) is 3.92. The lowest BCUT2D eigenvalue weighted by Gasteiger charge is -2.12. The van der Waals surface area contributed by atoms with Crippen molar-refractivity contribution >= 4 is 22.1 Å². The van der Waals surface area contributed by atoms with Crippen LogP contribution in [-0.4, -0.2) is 29.2 Å². The Morgan fingerprint density at radius 1 is 1.19 bits per heavy atom. The zero-order chi connectivity index (χ0) is 15.4. The van der Waals surface area contributed by atoms with Gasteiger partial charge in [-0.1, -0.05) is 0 Å². The van der Waals surface area contributed by atoms with E-state index in [1.54, 1.807) is 25.6 Å². The summed E-state index contributed by atoms with van der Waals surface area (Å²) >= 11 is 1.61. The van der Waals surface area contributed by atoms with E-state index in [1.807, 2.05) is 31.5 Å². The molecule has 1 heterocycles. The van der Waals surface area contributed by atoms with Crippen LogP contribution in [-0.2, 0) is 17.2 Å². The maximum Gasteiger partial charge on any atom is 0.161 e. The number of methoxy groups -OCH3 is 2. The SMILES string of the molecule is COc1cc(C)c([S@@](=O)CCc2scnc2C)cc1OC. The Kier molecular flexibility index (Phi) is 5.36. The number of hydrogen-bond acceptors (Lipinski definition) is 5. The first-order valence-corrected chi connectivity index (χ1v) is 8.76. The molecule has 1 atom stereocenters.